The van der Waals surface area contributed by atoms with Gasteiger partial charge in [-0.2, -0.15) is 0 Å². The van der Waals surface area contributed by atoms with Crippen LogP contribution in [0, 0.1) is 5.92 Å². The molecule has 0 aliphatic rings. The first kappa shape index (κ1) is 14.4. The summed E-state index contributed by atoms with van der Waals surface area (Å²) in [6.07, 6.45) is 2.10. The van der Waals surface area contributed by atoms with Crippen LogP contribution in [0.3, 0.4) is 0 Å². The van der Waals surface area contributed by atoms with Gasteiger partial charge in [0.15, 0.2) is 0 Å². The van der Waals surface area contributed by atoms with Crippen molar-refractivity contribution in [2.24, 2.45) is 5.92 Å². The zero-order valence-electron chi connectivity index (χ0n) is 11.8. The normalized spacial score (nSPS) is 14.7. The number of thiazole rings is 1. The number of likely N-dealkylation sites (N-methyl/N-ethyl adjacent to an activating group) is 1. The van der Waals surface area contributed by atoms with E-state index >= 15 is 0 Å². The second-order valence-electron chi connectivity index (χ2n) is 5.06. The van der Waals surface area contributed by atoms with Crippen molar-refractivity contribution in [2.75, 3.05) is 20.8 Å². The van der Waals surface area contributed by atoms with Crippen LogP contribution in [0.2, 0.25) is 0 Å². The monoisotopic (exact) mass is 278 g/mol. The van der Waals surface area contributed by atoms with Crippen molar-refractivity contribution in [2.45, 2.75) is 25.8 Å². The Morgan fingerprint density at radius 1 is 1.37 bits per heavy atom. The van der Waals surface area contributed by atoms with Crippen LogP contribution >= 0.6 is 11.3 Å². The van der Waals surface area contributed by atoms with Crippen molar-refractivity contribution in [3.05, 3.63) is 29.3 Å². The van der Waals surface area contributed by atoms with Gasteiger partial charge in [-0.25, -0.2) is 4.98 Å². The highest BCUT2D eigenvalue weighted by molar-refractivity contribution is 7.18. The van der Waals surface area contributed by atoms with Gasteiger partial charge in [-0.1, -0.05) is 19.1 Å². The number of aromatic nitrogens is 1. The van der Waals surface area contributed by atoms with E-state index in [9.17, 15) is 0 Å². The molecule has 0 spiro atoms. The van der Waals surface area contributed by atoms with E-state index in [0.29, 0.717) is 12.0 Å². The summed E-state index contributed by atoms with van der Waals surface area (Å²) in [5, 5.41) is 4.61. The highest BCUT2D eigenvalue weighted by Crippen LogP contribution is 2.23. The molecule has 3 nitrogen and oxygen atoms in total. The summed E-state index contributed by atoms with van der Waals surface area (Å²) in [5.41, 5.74) is 1.11. The largest absolute Gasteiger partial charge is 0.384 e. The number of fused-ring (bicyclic) bond motifs is 1. The van der Waals surface area contributed by atoms with E-state index in [2.05, 4.69) is 30.4 Å². The lowest BCUT2D eigenvalue weighted by Gasteiger charge is -2.19. The van der Waals surface area contributed by atoms with Gasteiger partial charge >= 0.3 is 0 Å². The number of para-hydroxylation sites is 1. The fourth-order valence-electron chi connectivity index (χ4n) is 2.36. The number of hydrogen-bond acceptors (Lipinski definition) is 4. The third kappa shape index (κ3) is 4.00. The van der Waals surface area contributed by atoms with Crippen molar-refractivity contribution in [1.82, 2.24) is 10.3 Å². The predicted octanol–water partition coefficient (Wildman–Crippen LogP) is 3.10. The summed E-state index contributed by atoms with van der Waals surface area (Å²) < 4.78 is 6.48. The number of benzene rings is 1. The summed E-state index contributed by atoms with van der Waals surface area (Å²) in [4.78, 5) is 4.70. The number of hydrogen-bond donors (Lipinski definition) is 1. The molecule has 2 unspecified atom stereocenters. The first-order chi connectivity index (χ1) is 9.22. The molecule has 4 heteroatoms. The fraction of sp³-hybridized carbons (Fsp3) is 0.533. The lowest BCUT2D eigenvalue weighted by molar-refractivity contribution is 0.150. The molecule has 0 bridgehead atoms. The molecule has 0 amide bonds. The van der Waals surface area contributed by atoms with Gasteiger partial charge in [0.1, 0.15) is 0 Å². The van der Waals surface area contributed by atoms with Gasteiger partial charge in [0, 0.05) is 26.2 Å². The smallest absolute Gasteiger partial charge is 0.0954 e. The van der Waals surface area contributed by atoms with Crippen molar-refractivity contribution >= 4 is 21.6 Å². The van der Waals surface area contributed by atoms with Gasteiger partial charge in [0.2, 0.25) is 0 Å². The van der Waals surface area contributed by atoms with E-state index < -0.39 is 0 Å². The second-order valence-corrected chi connectivity index (χ2v) is 6.18. The summed E-state index contributed by atoms with van der Waals surface area (Å²) in [6.45, 7) is 3.05. The third-order valence-electron chi connectivity index (χ3n) is 3.31. The van der Waals surface area contributed by atoms with Crippen LogP contribution in [0.25, 0.3) is 10.2 Å². The number of ether oxygens (including phenoxy) is 1. The molecule has 0 saturated heterocycles. The quantitative estimate of drug-likeness (QED) is 0.845. The maximum atomic E-state index is 5.21. The molecule has 0 aliphatic carbocycles. The second kappa shape index (κ2) is 6.98. The first-order valence-electron chi connectivity index (χ1n) is 6.73. The molecule has 1 aromatic carbocycles. The Labute approximate surface area is 119 Å². The molecule has 2 atom stereocenters. The Bertz CT molecular complexity index is 479. The van der Waals surface area contributed by atoms with Gasteiger partial charge < -0.3 is 10.1 Å². The van der Waals surface area contributed by atoms with E-state index in [-0.39, 0.29) is 0 Å². The molecule has 2 rings (SSSR count). The zero-order chi connectivity index (χ0) is 13.7. The molecule has 1 N–H and O–H groups in total. The third-order valence-corrected chi connectivity index (χ3v) is 4.36. The molecular weight excluding hydrogens is 256 g/mol. The number of nitrogens with one attached hydrogen (secondary N) is 1. The SMILES string of the molecule is CNC(Cc1nc2ccccc2s1)CC(C)COC. The minimum absolute atomic E-state index is 0.464. The van der Waals surface area contributed by atoms with Crippen LogP contribution in [0.5, 0.6) is 0 Å². The maximum Gasteiger partial charge on any atom is 0.0954 e. The Hall–Kier alpha value is -0.970. The van der Waals surface area contributed by atoms with Crippen LogP contribution in [0.4, 0.5) is 0 Å². The number of nitrogens with zero attached hydrogens (tertiary/aromatic N) is 1. The average molecular weight is 278 g/mol. The topological polar surface area (TPSA) is 34.2 Å². The Morgan fingerprint density at radius 3 is 2.84 bits per heavy atom. The number of methoxy groups -OCH3 is 1. The molecule has 104 valence electrons. The van der Waals surface area contributed by atoms with E-state index in [1.165, 1.54) is 9.71 Å². The van der Waals surface area contributed by atoms with Gasteiger partial charge in [0.05, 0.1) is 15.2 Å². The van der Waals surface area contributed by atoms with Crippen LogP contribution in [-0.2, 0) is 11.2 Å². The molecule has 0 aliphatic heterocycles. The standard InChI is InChI=1S/C15H22N2OS/c1-11(10-18-3)8-12(16-2)9-15-17-13-6-4-5-7-14(13)19-15/h4-7,11-12,16H,8-10H2,1-3H3. The van der Waals surface area contributed by atoms with Crippen molar-refractivity contribution in [3.63, 3.8) is 0 Å². The minimum Gasteiger partial charge on any atom is -0.384 e. The molecule has 0 fully saturated rings. The highest BCUT2D eigenvalue weighted by atomic mass is 32.1. The summed E-state index contributed by atoms with van der Waals surface area (Å²) >= 11 is 1.80. The lowest BCUT2D eigenvalue weighted by atomic mass is 10.0. The zero-order valence-corrected chi connectivity index (χ0v) is 12.7. The molecule has 1 aromatic heterocycles. The van der Waals surface area contributed by atoms with E-state index in [1.54, 1.807) is 18.4 Å². The van der Waals surface area contributed by atoms with Gasteiger partial charge in [-0.15, -0.1) is 11.3 Å². The Balaban J connectivity index is 2.01. The van der Waals surface area contributed by atoms with Crippen molar-refractivity contribution in [3.8, 4) is 0 Å². The Kier molecular flexibility index (Phi) is 5.31. The van der Waals surface area contributed by atoms with Gasteiger partial charge in [0.25, 0.3) is 0 Å². The first-order valence-corrected chi connectivity index (χ1v) is 7.55. The molecule has 0 saturated carbocycles. The van der Waals surface area contributed by atoms with E-state index in [1.807, 2.05) is 13.1 Å². The van der Waals surface area contributed by atoms with E-state index in [0.717, 1.165) is 25.0 Å². The summed E-state index contributed by atoms with van der Waals surface area (Å²) in [6, 6.07) is 8.80. The van der Waals surface area contributed by atoms with Crippen molar-refractivity contribution < 1.29 is 4.74 Å². The maximum absolute atomic E-state index is 5.21. The predicted molar refractivity (Wildman–Crippen MR) is 81.8 cm³/mol. The van der Waals surface area contributed by atoms with Crippen LogP contribution in [0.15, 0.2) is 24.3 Å². The van der Waals surface area contributed by atoms with E-state index in [4.69, 9.17) is 9.72 Å². The number of rotatable bonds is 7. The summed E-state index contributed by atoms with van der Waals surface area (Å²) in [7, 11) is 3.79. The van der Waals surface area contributed by atoms with Crippen LogP contribution in [-0.4, -0.2) is 31.8 Å². The molecule has 2 aromatic rings. The molecule has 19 heavy (non-hydrogen) atoms. The van der Waals surface area contributed by atoms with Crippen LogP contribution < -0.4 is 5.32 Å². The molecule has 1 heterocycles. The summed E-state index contributed by atoms with van der Waals surface area (Å²) in [5.74, 6) is 0.567. The van der Waals surface area contributed by atoms with Crippen LogP contribution in [0.1, 0.15) is 18.4 Å². The Morgan fingerprint density at radius 2 is 2.16 bits per heavy atom. The highest BCUT2D eigenvalue weighted by Gasteiger charge is 2.14. The van der Waals surface area contributed by atoms with Crippen molar-refractivity contribution in [1.29, 1.82) is 0 Å². The molecule has 0 radical (unpaired) electrons. The lowest BCUT2D eigenvalue weighted by Crippen LogP contribution is -2.30. The van der Waals surface area contributed by atoms with Gasteiger partial charge in [-0.05, 0) is 31.5 Å². The molecular formula is C15H22N2OS. The minimum atomic E-state index is 0.464. The average Bonchev–Trinajstić information content (AvgIpc) is 2.80. The van der Waals surface area contributed by atoms with Gasteiger partial charge in [-0.3, -0.25) is 0 Å². The fourth-order valence-corrected chi connectivity index (χ4v) is 3.41.